The van der Waals surface area contributed by atoms with Gasteiger partial charge >= 0.3 is 0 Å². The molecule has 1 fully saturated rings. The van der Waals surface area contributed by atoms with Crippen molar-refractivity contribution in [1.29, 1.82) is 0 Å². The summed E-state index contributed by atoms with van der Waals surface area (Å²) in [6.07, 6.45) is 5.86. The highest BCUT2D eigenvalue weighted by Crippen LogP contribution is 2.26. The molecule has 1 unspecified atom stereocenters. The first kappa shape index (κ1) is 12.2. The Morgan fingerprint density at radius 2 is 2.19 bits per heavy atom. The molecular weight excluding hydrogens is 266 g/mol. The normalized spacial score (nSPS) is 18.5. The average Bonchev–Trinajstić information content (AvgIpc) is 3.25. The van der Waals surface area contributed by atoms with Gasteiger partial charge in [-0.1, -0.05) is 12.1 Å². The molecule has 0 radical (unpaired) electrons. The Hall–Kier alpha value is -2.56. The number of hydrogen-bond acceptors (Lipinski definition) is 3. The maximum absolute atomic E-state index is 12.3. The largest absolute Gasteiger partial charge is 0.472 e. The third-order valence-electron chi connectivity index (χ3n) is 4.09. The molecule has 0 saturated carbocycles. The van der Waals surface area contributed by atoms with Crippen molar-refractivity contribution in [2.24, 2.45) is 0 Å². The van der Waals surface area contributed by atoms with E-state index in [2.05, 4.69) is 15.6 Å². The highest BCUT2D eigenvalue weighted by atomic mass is 16.3. The minimum atomic E-state index is 0.0377. The highest BCUT2D eigenvalue weighted by Gasteiger charge is 2.29. The lowest BCUT2D eigenvalue weighted by Gasteiger charge is -2.16. The number of benzene rings is 1. The van der Waals surface area contributed by atoms with E-state index in [-0.39, 0.29) is 11.9 Å². The van der Waals surface area contributed by atoms with Gasteiger partial charge in [0.15, 0.2) is 0 Å². The zero-order valence-electron chi connectivity index (χ0n) is 11.5. The molecule has 0 bridgehead atoms. The van der Waals surface area contributed by atoms with E-state index in [1.54, 1.807) is 6.07 Å². The number of carbonyl (C=O) groups excluding carboxylic acids is 1. The molecule has 0 N–H and O–H groups in total. The van der Waals surface area contributed by atoms with Crippen LogP contribution in [0.25, 0.3) is 11.0 Å². The number of carbonyl (C=O) groups is 1. The van der Waals surface area contributed by atoms with Gasteiger partial charge in [0.2, 0.25) is 0 Å². The summed E-state index contributed by atoms with van der Waals surface area (Å²) < 4.78 is 7.17. The van der Waals surface area contributed by atoms with Crippen molar-refractivity contribution in [2.45, 2.75) is 12.5 Å². The van der Waals surface area contributed by atoms with E-state index < -0.39 is 0 Å². The number of furan rings is 1. The third kappa shape index (κ3) is 2.01. The molecule has 106 valence electrons. The van der Waals surface area contributed by atoms with Crippen LogP contribution in [0, 0.1) is 0 Å². The minimum Gasteiger partial charge on any atom is -0.472 e. The summed E-state index contributed by atoms with van der Waals surface area (Å²) in [7, 11) is 0. The molecule has 1 atom stereocenters. The summed E-state index contributed by atoms with van der Waals surface area (Å²) in [5, 5.41) is 0. The molecule has 4 rings (SSSR count). The van der Waals surface area contributed by atoms with Gasteiger partial charge in [0.25, 0.3) is 5.91 Å². The first-order chi connectivity index (χ1) is 10.3. The number of hydrogen-bond donors (Lipinski definition) is 0. The zero-order valence-corrected chi connectivity index (χ0v) is 11.5. The van der Waals surface area contributed by atoms with Crippen LogP contribution in [0.1, 0.15) is 22.8 Å². The molecule has 3 aromatic rings. The fraction of sp³-hybridized carbons (Fsp3) is 0.250. The number of imidazole rings is 1. The van der Waals surface area contributed by atoms with E-state index >= 15 is 0 Å². The van der Waals surface area contributed by atoms with E-state index in [0.717, 1.165) is 24.0 Å². The predicted molar refractivity (Wildman–Crippen MR) is 78.0 cm³/mol. The zero-order chi connectivity index (χ0) is 14.2. The van der Waals surface area contributed by atoms with Crippen LogP contribution in [0.3, 0.4) is 0 Å². The maximum Gasteiger partial charge on any atom is 0.257 e. The van der Waals surface area contributed by atoms with E-state index in [4.69, 9.17) is 4.42 Å². The molecule has 1 aliphatic heterocycles. The average molecular weight is 281 g/mol. The molecule has 1 amide bonds. The molecular formula is C16H15N3O2. The Labute approximate surface area is 121 Å². The summed E-state index contributed by atoms with van der Waals surface area (Å²) in [6, 6.07) is 10.1. The lowest BCUT2D eigenvalue weighted by Crippen LogP contribution is -2.28. The number of fused-ring (bicyclic) bond motifs is 1. The molecule has 1 aliphatic rings. The highest BCUT2D eigenvalue weighted by molar-refractivity contribution is 5.94. The fourth-order valence-corrected chi connectivity index (χ4v) is 2.99. The minimum absolute atomic E-state index is 0.0377. The standard InChI is InChI=1S/C16H15N3O2/c20-16(12-6-8-21-10-12)18-7-5-13(9-18)19-11-17-14-3-1-2-4-15(14)19/h1-4,6,8,10-11,13H,5,7,9H2. The molecule has 1 aromatic carbocycles. The lowest BCUT2D eigenvalue weighted by molar-refractivity contribution is 0.0787. The number of para-hydroxylation sites is 2. The van der Waals surface area contributed by atoms with Crippen molar-refractivity contribution in [2.75, 3.05) is 13.1 Å². The molecule has 5 nitrogen and oxygen atoms in total. The molecule has 5 heteroatoms. The monoisotopic (exact) mass is 281 g/mol. The van der Waals surface area contributed by atoms with E-state index in [9.17, 15) is 4.79 Å². The van der Waals surface area contributed by atoms with Crippen molar-refractivity contribution < 1.29 is 9.21 Å². The second-order valence-electron chi connectivity index (χ2n) is 5.35. The maximum atomic E-state index is 12.3. The van der Waals surface area contributed by atoms with E-state index in [0.29, 0.717) is 12.1 Å². The number of likely N-dealkylation sites (tertiary alicyclic amines) is 1. The molecule has 2 aromatic heterocycles. The Kier molecular flexibility index (Phi) is 2.77. The van der Waals surface area contributed by atoms with E-state index in [1.807, 2.05) is 29.4 Å². The van der Waals surface area contributed by atoms with Crippen molar-refractivity contribution in [3.05, 3.63) is 54.7 Å². The number of amides is 1. The van der Waals surface area contributed by atoms with Crippen LogP contribution in [0.4, 0.5) is 0 Å². The molecule has 0 aliphatic carbocycles. The summed E-state index contributed by atoms with van der Waals surface area (Å²) in [5.74, 6) is 0.0377. The van der Waals surface area contributed by atoms with Gasteiger partial charge in [-0.15, -0.1) is 0 Å². The van der Waals surface area contributed by atoms with Gasteiger partial charge < -0.3 is 13.9 Å². The molecule has 1 saturated heterocycles. The van der Waals surface area contributed by atoms with Crippen molar-refractivity contribution in [3.63, 3.8) is 0 Å². The van der Waals surface area contributed by atoms with Gasteiger partial charge in [-0.2, -0.15) is 0 Å². The first-order valence-corrected chi connectivity index (χ1v) is 7.06. The van der Waals surface area contributed by atoms with Gasteiger partial charge in [0, 0.05) is 13.1 Å². The van der Waals surface area contributed by atoms with Gasteiger partial charge in [-0.05, 0) is 24.6 Å². The Bertz CT molecular complexity index is 776. The Morgan fingerprint density at radius 1 is 1.29 bits per heavy atom. The van der Waals surface area contributed by atoms with Crippen LogP contribution >= 0.6 is 0 Å². The summed E-state index contributed by atoms with van der Waals surface area (Å²) in [4.78, 5) is 18.6. The second kappa shape index (κ2) is 4.77. The summed E-state index contributed by atoms with van der Waals surface area (Å²) >= 11 is 0. The Morgan fingerprint density at radius 3 is 3.05 bits per heavy atom. The van der Waals surface area contributed by atoms with Crippen molar-refractivity contribution >= 4 is 16.9 Å². The second-order valence-corrected chi connectivity index (χ2v) is 5.35. The van der Waals surface area contributed by atoms with Gasteiger partial charge in [0.05, 0.1) is 35.2 Å². The smallest absolute Gasteiger partial charge is 0.257 e. The van der Waals surface area contributed by atoms with Gasteiger partial charge in [-0.25, -0.2) is 4.98 Å². The van der Waals surface area contributed by atoms with Crippen molar-refractivity contribution in [3.8, 4) is 0 Å². The third-order valence-corrected chi connectivity index (χ3v) is 4.09. The molecule has 0 spiro atoms. The van der Waals surface area contributed by atoms with Crippen LogP contribution in [-0.4, -0.2) is 33.4 Å². The summed E-state index contributed by atoms with van der Waals surface area (Å²) in [6.45, 7) is 1.48. The van der Waals surface area contributed by atoms with Gasteiger partial charge in [-0.3, -0.25) is 4.79 Å². The van der Waals surface area contributed by atoms with Crippen LogP contribution in [0.5, 0.6) is 0 Å². The van der Waals surface area contributed by atoms with Crippen LogP contribution in [-0.2, 0) is 0 Å². The number of nitrogens with zero attached hydrogens (tertiary/aromatic N) is 3. The van der Waals surface area contributed by atoms with Crippen molar-refractivity contribution in [1.82, 2.24) is 14.5 Å². The predicted octanol–water partition coefficient (Wildman–Crippen LogP) is 2.72. The number of aromatic nitrogens is 2. The van der Waals surface area contributed by atoms with Crippen LogP contribution in [0.2, 0.25) is 0 Å². The van der Waals surface area contributed by atoms with Crippen LogP contribution in [0.15, 0.2) is 53.6 Å². The Balaban J connectivity index is 1.58. The van der Waals surface area contributed by atoms with E-state index in [1.165, 1.54) is 12.5 Å². The SMILES string of the molecule is O=C(c1ccoc1)N1CCC(n2cnc3ccccc32)C1. The fourth-order valence-electron chi connectivity index (χ4n) is 2.99. The first-order valence-electron chi connectivity index (χ1n) is 7.06. The molecule has 3 heterocycles. The lowest BCUT2D eigenvalue weighted by atomic mass is 10.2. The quantitative estimate of drug-likeness (QED) is 0.725. The topological polar surface area (TPSA) is 51.3 Å². The van der Waals surface area contributed by atoms with Crippen LogP contribution < -0.4 is 0 Å². The number of rotatable bonds is 2. The summed E-state index contributed by atoms with van der Waals surface area (Å²) in [5.41, 5.74) is 2.74. The van der Waals surface area contributed by atoms with Gasteiger partial charge in [0.1, 0.15) is 6.26 Å². The molecule has 21 heavy (non-hydrogen) atoms.